The maximum absolute atomic E-state index is 4.67. The van der Waals surface area contributed by atoms with Gasteiger partial charge in [0, 0.05) is 13.6 Å². The van der Waals surface area contributed by atoms with Crippen molar-refractivity contribution in [2.45, 2.75) is 12.8 Å². The number of aromatic nitrogens is 2. The van der Waals surface area contributed by atoms with E-state index >= 15 is 0 Å². The molecule has 0 amide bonds. The number of anilines is 2. The predicted molar refractivity (Wildman–Crippen MR) is 83.2 cm³/mol. The molecular weight excluding hydrogens is 250 g/mol. The lowest BCUT2D eigenvalue weighted by Gasteiger charge is -2.23. The molecule has 0 aliphatic carbocycles. The van der Waals surface area contributed by atoms with Gasteiger partial charge in [-0.1, -0.05) is 12.1 Å². The van der Waals surface area contributed by atoms with E-state index in [0.29, 0.717) is 5.92 Å². The van der Waals surface area contributed by atoms with Gasteiger partial charge in [-0.25, -0.2) is 9.97 Å². The number of nitrogens with one attached hydrogen (secondary N) is 3. The molecule has 20 heavy (non-hydrogen) atoms. The SMILES string of the molecule is CNc1nc2ccccc2nc1NC[C@H]1CCCNC1. The van der Waals surface area contributed by atoms with E-state index in [0.717, 1.165) is 42.3 Å². The van der Waals surface area contributed by atoms with Gasteiger partial charge in [-0.05, 0) is 44.0 Å². The Morgan fingerprint density at radius 2 is 1.95 bits per heavy atom. The van der Waals surface area contributed by atoms with E-state index in [1.54, 1.807) is 0 Å². The second kappa shape index (κ2) is 6.05. The van der Waals surface area contributed by atoms with Crippen LogP contribution < -0.4 is 16.0 Å². The summed E-state index contributed by atoms with van der Waals surface area (Å²) >= 11 is 0. The van der Waals surface area contributed by atoms with Crippen LogP contribution in [0.2, 0.25) is 0 Å². The van der Waals surface area contributed by atoms with Crippen LogP contribution in [0.25, 0.3) is 11.0 Å². The van der Waals surface area contributed by atoms with Gasteiger partial charge in [-0.15, -0.1) is 0 Å². The van der Waals surface area contributed by atoms with E-state index in [-0.39, 0.29) is 0 Å². The summed E-state index contributed by atoms with van der Waals surface area (Å²) in [7, 11) is 1.88. The Morgan fingerprint density at radius 1 is 1.20 bits per heavy atom. The minimum atomic E-state index is 0.668. The van der Waals surface area contributed by atoms with Gasteiger partial charge in [0.15, 0.2) is 11.6 Å². The Kier molecular flexibility index (Phi) is 3.97. The molecule has 0 radical (unpaired) electrons. The fourth-order valence-electron chi connectivity index (χ4n) is 2.64. The predicted octanol–water partition coefficient (Wildman–Crippen LogP) is 2.08. The van der Waals surface area contributed by atoms with Crippen molar-refractivity contribution in [2.24, 2.45) is 5.92 Å². The Labute approximate surface area is 119 Å². The smallest absolute Gasteiger partial charge is 0.169 e. The van der Waals surface area contributed by atoms with E-state index in [1.807, 2.05) is 31.3 Å². The van der Waals surface area contributed by atoms with Gasteiger partial charge >= 0.3 is 0 Å². The van der Waals surface area contributed by atoms with Crippen LogP contribution in [0.3, 0.4) is 0 Å². The van der Waals surface area contributed by atoms with E-state index in [9.17, 15) is 0 Å². The standard InChI is InChI=1S/C15H21N5/c1-16-14-15(18-10-11-5-4-8-17-9-11)20-13-7-3-2-6-12(13)19-14/h2-3,6-7,11,17H,4-5,8-10H2,1H3,(H,16,19)(H,18,20)/t11-/m0/s1. The molecule has 1 saturated heterocycles. The zero-order valence-corrected chi connectivity index (χ0v) is 11.8. The molecule has 0 bridgehead atoms. The molecule has 3 rings (SSSR count). The molecule has 1 aromatic carbocycles. The average molecular weight is 271 g/mol. The number of rotatable bonds is 4. The van der Waals surface area contributed by atoms with Crippen molar-refractivity contribution >= 4 is 22.7 Å². The lowest BCUT2D eigenvalue weighted by Crippen LogP contribution is -2.33. The van der Waals surface area contributed by atoms with Crippen LogP contribution in [0.5, 0.6) is 0 Å². The summed E-state index contributed by atoms with van der Waals surface area (Å²) in [5, 5.41) is 10.0. The molecule has 106 valence electrons. The Morgan fingerprint density at radius 3 is 2.60 bits per heavy atom. The third kappa shape index (κ3) is 2.82. The second-order valence-electron chi connectivity index (χ2n) is 5.25. The van der Waals surface area contributed by atoms with Gasteiger partial charge in [0.05, 0.1) is 11.0 Å². The van der Waals surface area contributed by atoms with E-state index < -0.39 is 0 Å². The third-order valence-corrected chi connectivity index (χ3v) is 3.76. The number of nitrogens with zero attached hydrogens (tertiary/aromatic N) is 2. The summed E-state index contributed by atoms with van der Waals surface area (Å²) in [6.45, 7) is 3.17. The number of para-hydroxylation sites is 2. The lowest BCUT2D eigenvalue weighted by atomic mass is 10.00. The Balaban J connectivity index is 1.78. The summed E-state index contributed by atoms with van der Waals surface area (Å²) < 4.78 is 0. The van der Waals surface area contributed by atoms with Crippen LogP contribution >= 0.6 is 0 Å². The van der Waals surface area contributed by atoms with Crippen molar-refractivity contribution in [1.82, 2.24) is 15.3 Å². The lowest BCUT2D eigenvalue weighted by molar-refractivity contribution is 0.392. The van der Waals surface area contributed by atoms with Crippen LogP contribution in [0, 0.1) is 5.92 Å². The summed E-state index contributed by atoms with van der Waals surface area (Å²) in [6, 6.07) is 7.95. The van der Waals surface area contributed by atoms with Crippen LogP contribution in [-0.4, -0.2) is 36.6 Å². The van der Waals surface area contributed by atoms with Crippen molar-refractivity contribution < 1.29 is 0 Å². The Bertz CT molecular complexity index is 577. The van der Waals surface area contributed by atoms with E-state index in [1.165, 1.54) is 12.8 Å². The minimum Gasteiger partial charge on any atom is -0.370 e. The summed E-state index contributed by atoms with van der Waals surface area (Å²) in [6.07, 6.45) is 2.53. The molecule has 5 nitrogen and oxygen atoms in total. The van der Waals surface area contributed by atoms with Crippen molar-refractivity contribution in [2.75, 3.05) is 37.3 Å². The highest BCUT2D eigenvalue weighted by atomic mass is 15.1. The summed E-state index contributed by atoms with van der Waals surface area (Å²) in [5.41, 5.74) is 1.84. The highest BCUT2D eigenvalue weighted by Crippen LogP contribution is 2.21. The summed E-state index contributed by atoms with van der Waals surface area (Å²) in [5.74, 6) is 2.32. The van der Waals surface area contributed by atoms with Gasteiger partial charge in [0.2, 0.25) is 0 Å². The van der Waals surface area contributed by atoms with Gasteiger partial charge in [0.1, 0.15) is 0 Å². The average Bonchev–Trinajstić information content (AvgIpc) is 2.53. The molecule has 1 aliphatic heterocycles. The monoisotopic (exact) mass is 271 g/mol. The van der Waals surface area contributed by atoms with Crippen molar-refractivity contribution in [3.05, 3.63) is 24.3 Å². The van der Waals surface area contributed by atoms with Crippen LogP contribution in [-0.2, 0) is 0 Å². The Hall–Kier alpha value is -1.88. The first kappa shape index (κ1) is 13.1. The topological polar surface area (TPSA) is 61.9 Å². The van der Waals surface area contributed by atoms with Crippen LogP contribution in [0.4, 0.5) is 11.6 Å². The highest BCUT2D eigenvalue weighted by Gasteiger charge is 2.14. The van der Waals surface area contributed by atoms with Crippen molar-refractivity contribution in [3.8, 4) is 0 Å². The number of fused-ring (bicyclic) bond motifs is 1. The van der Waals surface area contributed by atoms with Gasteiger partial charge in [0.25, 0.3) is 0 Å². The normalized spacial score (nSPS) is 18.9. The molecule has 1 aromatic heterocycles. The quantitative estimate of drug-likeness (QED) is 0.795. The second-order valence-corrected chi connectivity index (χ2v) is 5.25. The fourth-order valence-corrected chi connectivity index (χ4v) is 2.64. The molecule has 3 N–H and O–H groups in total. The molecule has 0 unspecified atom stereocenters. The summed E-state index contributed by atoms with van der Waals surface area (Å²) in [4.78, 5) is 9.28. The maximum atomic E-state index is 4.67. The van der Waals surface area contributed by atoms with Crippen molar-refractivity contribution in [3.63, 3.8) is 0 Å². The largest absolute Gasteiger partial charge is 0.370 e. The molecular formula is C15H21N5. The number of benzene rings is 1. The number of piperidine rings is 1. The minimum absolute atomic E-state index is 0.668. The molecule has 0 spiro atoms. The zero-order chi connectivity index (χ0) is 13.8. The highest BCUT2D eigenvalue weighted by molar-refractivity contribution is 5.80. The first-order valence-electron chi connectivity index (χ1n) is 7.26. The van der Waals surface area contributed by atoms with Crippen LogP contribution in [0.15, 0.2) is 24.3 Å². The zero-order valence-electron chi connectivity index (χ0n) is 11.8. The molecule has 5 heteroatoms. The number of hydrogen-bond donors (Lipinski definition) is 3. The fraction of sp³-hybridized carbons (Fsp3) is 0.467. The maximum Gasteiger partial charge on any atom is 0.169 e. The molecule has 1 fully saturated rings. The van der Waals surface area contributed by atoms with Gasteiger partial charge < -0.3 is 16.0 Å². The van der Waals surface area contributed by atoms with Crippen LogP contribution in [0.1, 0.15) is 12.8 Å². The molecule has 2 aromatic rings. The molecule has 2 heterocycles. The molecule has 1 aliphatic rings. The van der Waals surface area contributed by atoms with E-state index in [4.69, 9.17) is 0 Å². The van der Waals surface area contributed by atoms with Crippen molar-refractivity contribution in [1.29, 1.82) is 0 Å². The van der Waals surface area contributed by atoms with E-state index in [2.05, 4.69) is 25.9 Å². The van der Waals surface area contributed by atoms with Gasteiger partial charge in [-0.2, -0.15) is 0 Å². The molecule has 0 saturated carbocycles. The number of hydrogen-bond acceptors (Lipinski definition) is 5. The molecule has 1 atom stereocenters. The van der Waals surface area contributed by atoms with Gasteiger partial charge in [-0.3, -0.25) is 0 Å². The first-order chi connectivity index (χ1) is 9.86. The third-order valence-electron chi connectivity index (χ3n) is 3.76. The first-order valence-corrected chi connectivity index (χ1v) is 7.26.